The fraction of sp³-hybridized carbons (Fsp3) is 0.333. The topological polar surface area (TPSA) is 67.3 Å². The third-order valence-electron chi connectivity index (χ3n) is 4.37. The van der Waals surface area contributed by atoms with Crippen LogP contribution in [0.1, 0.15) is 23.2 Å². The molecule has 1 aliphatic heterocycles. The number of hydrogen-bond acceptors (Lipinski definition) is 5. The van der Waals surface area contributed by atoms with Crippen LogP contribution < -0.4 is 4.90 Å². The quantitative estimate of drug-likeness (QED) is 0.783. The number of sulfone groups is 1. The summed E-state index contributed by atoms with van der Waals surface area (Å²) in [5, 5.41) is 0. The number of pyridine rings is 1. The molecular weight excluding hydrogens is 343 g/mol. The highest BCUT2D eigenvalue weighted by Gasteiger charge is 2.29. The van der Waals surface area contributed by atoms with E-state index in [9.17, 15) is 17.6 Å². The lowest BCUT2D eigenvalue weighted by atomic mass is 9.90. The Balaban J connectivity index is 1.85. The van der Waals surface area contributed by atoms with Gasteiger partial charge in [0.2, 0.25) is 0 Å². The third kappa shape index (κ3) is 3.87. The summed E-state index contributed by atoms with van der Waals surface area (Å²) in [6, 6.07) is 8.63. The molecule has 2 heterocycles. The summed E-state index contributed by atoms with van der Waals surface area (Å²) in [5.41, 5.74) is 0.470. The SMILES string of the molecule is CS(=O)(=O)c1cccnc1N1CCCC(C(=O)c2ccc(F)cc2)C1. The van der Waals surface area contributed by atoms with E-state index in [1.807, 2.05) is 4.90 Å². The van der Waals surface area contributed by atoms with Crippen molar-refractivity contribution in [3.05, 3.63) is 54.0 Å². The van der Waals surface area contributed by atoms with Gasteiger partial charge >= 0.3 is 0 Å². The largest absolute Gasteiger partial charge is 0.355 e. The molecule has 0 spiro atoms. The summed E-state index contributed by atoms with van der Waals surface area (Å²) in [5.74, 6) is -0.315. The molecular formula is C18H19FN2O3S. The molecule has 1 aromatic carbocycles. The predicted octanol–water partition coefficient (Wildman–Crippen LogP) is 2.72. The summed E-state index contributed by atoms with van der Waals surface area (Å²) < 4.78 is 37.0. The van der Waals surface area contributed by atoms with E-state index in [2.05, 4.69) is 4.98 Å². The van der Waals surface area contributed by atoms with Crippen molar-refractivity contribution in [2.75, 3.05) is 24.2 Å². The highest BCUT2D eigenvalue weighted by atomic mass is 32.2. The predicted molar refractivity (Wildman–Crippen MR) is 93.0 cm³/mol. The lowest BCUT2D eigenvalue weighted by molar-refractivity contribution is 0.0907. The summed E-state index contributed by atoms with van der Waals surface area (Å²) in [6.07, 6.45) is 4.18. The Bertz CT molecular complexity index is 881. The Labute approximate surface area is 146 Å². The number of Topliss-reactive ketones (excluding diaryl/α,β-unsaturated/α-hetero) is 1. The maximum absolute atomic E-state index is 13.0. The highest BCUT2D eigenvalue weighted by Crippen LogP contribution is 2.28. The molecule has 7 heteroatoms. The molecule has 1 fully saturated rings. The van der Waals surface area contributed by atoms with Crippen LogP contribution in [0.3, 0.4) is 0 Å². The number of piperidine rings is 1. The molecule has 1 aromatic heterocycles. The molecule has 0 saturated carbocycles. The average molecular weight is 362 g/mol. The second-order valence-corrected chi connectivity index (χ2v) is 8.24. The van der Waals surface area contributed by atoms with Crippen LogP contribution >= 0.6 is 0 Å². The molecule has 0 aliphatic carbocycles. The molecule has 132 valence electrons. The highest BCUT2D eigenvalue weighted by molar-refractivity contribution is 7.90. The fourth-order valence-corrected chi connectivity index (χ4v) is 3.98. The summed E-state index contributed by atoms with van der Waals surface area (Å²) in [4.78, 5) is 18.9. The van der Waals surface area contributed by atoms with Gasteiger partial charge in [-0.1, -0.05) is 0 Å². The minimum Gasteiger partial charge on any atom is -0.355 e. The van der Waals surface area contributed by atoms with Crippen molar-refractivity contribution in [2.24, 2.45) is 5.92 Å². The van der Waals surface area contributed by atoms with E-state index in [0.717, 1.165) is 12.7 Å². The van der Waals surface area contributed by atoms with Crippen LogP contribution in [0.4, 0.5) is 10.2 Å². The first-order valence-electron chi connectivity index (χ1n) is 8.06. The number of carbonyl (C=O) groups excluding carboxylic acids is 1. The Morgan fingerprint density at radius 3 is 2.64 bits per heavy atom. The summed E-state index contributed by atoms with van der Waals surface area (Å²) >= 11 is 0. The smallest absolute Gasteiger partial charge is 0.179 e. The number of ketones is 1. The van der Waals surface area contributed by atoms with Crippen molar-refractivity contribution >= 4 is 21.4 Å². The van der Waals surface area contributed by atoms with Gasteiger partial charge < -0.3 is 4.90 Å². The first-order chi connectivity index (χ1) is 11.9. The summed E-state index contributed by atoms with van der Waals surface area (Å²) in [6.45, 7) is 1.04. The first kappa shape index (κ1) is 17.5. The molecule has 1 aliphatic rings. The van der Waals surface area contributed by atoms with Crippen LogP contribution in [0.5, 0.6) is 0 Å². The number of rotatable bonds is 4. The Hall–Kier alpha value is -2.28. The zero-order valence-electron chi connectivity index (χ0n) is 13.9. The van der Waals surface area contributed by atoms with Gasteiger partial charge in [0.15, 0.2) is 15.6 Å². The second kappa shape index (κ2) is 6.92. The van der Waals surface area contributed by atoms with Crippen molar-refractivity contribution < 1.29 is 17.6 Å². The monoisotopic (exact) mass is 362 g/mol. The van der Waals surface area contributed by atoms with E-state index in [-0.39, 0.29) is 22.4 Å². The maximum atomic E-state index is 13.0. The van der Waals surface area contributed by atoms with Crippen LogP contribution in [-0.2, 0) is 9.84 Å². The lowest BCUT2D eigenvalue weighted by Crippen LogP contribution is -2.39. The zero-order chi connectivity index (χ0) is 18.0. The number of halogens is 1. The van der Waals surface area contributed by atoms with Crippen LogP contribution in [-0.4, -0.2) is 38.5 Å². The van der Waals surface area contributed by atoms with Crippen LogP contribution in [0.2, 0.25) is 0 Å². The Morgan fingerprint density at radius 2 is 1.96 bits per heavy atom. The number of aromatic nitrogens is 1. The van der Waals surface area contributed by atoms with Crippen molar-refractivity contribution in [1.29, 1.82) is 0 Å². The standard InChI is InChI=1S/C18H19FN2O3S/c1-25(23,24)16-5-2-10-20-18(16)21-11-3-4-14(12-21)17(22)13-6-8-15(19)9-7-13/h2,5-10,14H,3-4,11-12H2,1H3. The van der Waals surface area contributed by atoms with Crippen molar-refractivity contribution in [3.63, 3.8) is 0 Å². The normalized spacial score (nSPS) is 18.2. The Morgan fingerprint density at radius 1 is 1.24 bits per heavy atom. The number of anilines is 1. The van der Waals surface area contributed by atoms with Crippen molar-refractivity contribution in [1.82, 2.24) is 4.98 Å². The van der Waals surface area contributed by atoms with Gasteiger partial charge in [0.05, 0.1) is 0 Å². The van der Waals surface area contributed by atoms with Crippen molar-refractivity contribution in [3.8, 4) is 0 Å². The van der Waals surface area contributed by atoms with Gasteiger partial charge in [0, 0.05) is 37.0 Å². The minimum absolute atomic E-state index is 0.0541. The van der Waals surface area contributed by atoms with Gasteiger partial charge in [-0.2, -0.15) is 0 Å². The van der Waals surface area contributed by atoms with Gasteiger partial charge in [-0.05, 0) is 49.2 Å². The van der Waals surface area contributed by atoms with E-state index >= 15 is 0 Å². The van der Waals surface area contributed by atoms with Crippen molar-refractivity contribution in [2.45, 2.75) is 17.7 Å². The van der Waals surface area contributed by atoms with Gasteiger partial charge in [-0.25, -0.2) is 17.8 Å². The van der Waals surface area contributed by atoms with Gasteiger partial charge in [-0.15, -0.1) is 0 Å². The maximum Gasteiger partial charge on any atom is 0.179 e. The first-order valence-corrected chi connectivity index (χ1v) is 9.95. The molecule has 3 rings (SSSR count). The molecule has 0 radical (unpaired) electrons. The average Bonchev–Trinajstić information content (AvgIpc) is 2.61. The number of benzene rings is 1. The van der Waals surface area contributed by atoms with E-state index in [1.54, 1.807) is 12.3 Å². The van der Waals surface area contributed by atoms with Crippen LogP contribution in [0.15, 0.2) is 47.5 Å². The molecule has 1 saturated heterocycles. The molecule has 0 N–H and O–H groups in total. The zero-order valence-corrected chi connectivity index (χ0v) is 14.7. The van der Waals surface area contributed by atoms with Gasteiger partial charge in [0.25, 0.3) is 0 Å². The molecule has 0 bridgehead atoms. The molecule has 1 atom stereocenters. The molecule has 2 aromatic rings. The molecule has 1 unspecified atom stereocenters. The van der Waals surface area contributed by atoms with E-state index in [0.29, 0.717) is 30.9 Å². The third-order valence-corrected chi connectivity index (χ3v) is 5.49. The minimum atomic E-state index is -3.41. The van der Waals surface area contributed by atoms with Crippen LogP contribution in [0.25, 0.3) is 0 Å². The van der Waals surface area contributed by atoms with E-state index in [1.165, 1.54) is 30.3 Å². The number of hydrogen-bond donors (Lipinski definition) is 0. The van der Waals surface area contributed by atoms with E-state index < -0.39 is 9.84 Å². The second-order valence-electron chi connectivity index (χ2n) is 6.25. The van der Waals surface area contributed by atoms with Gasteiger partial charge in [0.1, 0.15) is 16.5 Å². The van der Waals surface area contributed by atoms with Gasteiger partial charge in [-0.3, -0.25) is 4.79 Å². The summed E-state index contributed by atoms with van der Waals surface area (Å²) in [7, 11) is -3.41. The molecule has 5 nitrogen and oxygen atoms in total. The lowest BCUT2D eigenvalue weighted by Gasteiger charge is -2.33. The molecule has 0 amide bonds. The molecule has 25 heavy (non-hydrogen) atoms. The Kier molecular flexibility index (Phi) is 4.85. The number of carbonyl (C=O) groups is 1. The van der Waals surface area contributed by atoms with E-state index in [4.69, 9.17) is 0 Å². The number of nitrogens with zero attached hydrogens (tertiary/aromatic N) is 2. The fourth-order valence-electron chi connectivity index (χ4n) is 3.14. The van der Waals surface area contributed by atoms with Crippen LogP contribution in [0, 0.1) is 11.7 Å².